The molecule has 1 aliphatic carbocycles. The van der Waals surface area contributed by atoms with Crippen LogP contribution in [0.2, 0.25) is 0 Å². The van der Waals surface area contributed by atoms with Crippen LogP contribution in [-0.2, 0) is 23.2 Å². The second kappa shape index (κ2) is 8.40. The van der Waals surface area contributed by atoms with Crippen LogP contribution < -0.4 is 10.6 Å². The summed E-state index contributed by atoms with van der Waals surface area (Å²) < 4.78 is 3.12. The second-order valence-electron chi connectivity index (χ2n) is 9.45. The fourth-order valence-corrected chi connectivity index (χ4v) is 4.89. The van der Waals surface area contributed by atoms with Crippen molar-refractivity contribution >= 4 is 29.4 Å². The molecule has 1 atom stereocenters. The Kier molecular flexibility index (Phi) is 5.16. The maximum absolute atomic E-state index is 12.9. The van der Waals surface area contributed by atoms with Crippen molar-refractivity contribution in [1.29, 1.82) is 0 Å². The number of nitrogens with one attached hydrogen (secondary N) is 2. The van der Waals surface area contributed by atoms with Crippen molar-refractivity contribution in [2.45, 2.75) is 50.6 Å². The molecular weight excluding hydrogens is 464 g/mol. The molecule has 12 heteroatoms. The summed E-state index contributed by atoms with van der Waals surface area (Å²) in [5.41, 5.74) is 3.00. The summed E-state index contributed by atoms with van der Waals surface area (Å²) in [6.07, 6.45) is 5.48. The Morgan fingerprint density at radius 1 is 1.14 bits per heavy atom. The Balaban J connectivity index is 1.17. The van der Waals surface area contributed by atoms with Crippen LogP contribution in [0, 0.1) is 0 Å². The van der Waals surface area contributed by atoms with E-state index in [0.717, 1.165) is 24.1 Å². The Hall–Kier alpha value is -4.35. The van der Waals surface area contributed by atoms with Crippen molar-refractivity contribution in [2.75, 3.05) is 5.32 Å². The minimum Gasteiger partial charge on any atom is -0.322 e. The van der Waals surface area contributed by atoms with Gasteiger partial charge in [-0.15, -0.1) is 5.10 Å². The van der Waals surface area contributed by atoms with Crippen LogP contribution in [0.1, 0.15) is 70.1 Å². The van der Waals surface area contributed by atoms with E-state index in [1.807, 2.05) is 6.07 Å². The number of rotatable bonds is 5. The molecular formula is C24H24N8O4. The summed E-state index contributed by atoms with van der Waals surface area (Å²) >= 11 is 0. The first-order valence-electron chi connectivity index (χ1n) is 11.9. The molecule has 0 radical (unpaired) electrons. The van der Waals surface area contributed by atoms with Crippen LogP contribution in [0.4, 0.5) is 5.82 Å². The fraction of sp³-hybridized carbons (Fsp3) is 0.375. The van der Waals surface area contributed by atoms with Gasteiger partial charge in [-0.25, -0.2) is 4.68 Å². The van der Waals surface area contributed by atoms with E-state index in [0.29, 0.717) is 29.4 Å². The number of amides is 4. The number of fused-ring (bicyclic) bond motifs is 1. The van der Waals surface area contributed by atoms with E-state index >= 15 is 0 Å². The quantitative estimate of drug-likeness (QED) is 0.515. The molecule has 2 aromatic heterocycles. The lowest BCUT2D eigenvalue weighted by atomic mass is 9.83. The van der Waals surface area contributed by atoms with Crippen molar-refractivity contribution in [2.24, 2.45) is 7.05 Å². The van der Waals surface area contributed by atoms with Gasteiger partial charge in [0.2, 0.25) is 11.8 Å². The summed E-state index contributed by atoms with van der Waals surface area (Å²) in [6, 6.07) is 6.41. The van der Waals surface area contributed by atoms with Gasteiger partial charge in [-0.1, -0.05) is 11.6 Å². The van der Waals surface area contributed by atoms with Crippen molar-refractivity contribution in [3.8, 4) is 5.69 Å². The third kappa shape index (κ3) is 3.74. The first-order valence-corrected chi connectivity index (χ1v) is 11.9. The molecule has 184 valence electrons. The number of benzene rings is 1. The molecule has 1 aromatic carbocycles. The van der Waals surface area contributed by atoms with E-state index < -0.39 is 17.9 Å². The number of hydrogen-bond acceptors (Lipinski definition) is 7. The number of anilines is 1. The minimum atomic E-state index is -0.676. The number of nitrogens with zero attached hydrogens (tertiary/aromatic N) is 6. The molecule has 6 rings (SSSR count). The predicted octanol–water partition coefficient (Wildman–Crippen LogP) is 1.28. The first kappa shape index (κ1) is 22.1. The average Bonchev–Trinajstić information content (AvgIpc) is 3.51. The predicted molar refractivity (Wildman–Crippen MR) is 125 cm³/mol. The minimum absolute atomic E-state index is 0.142. The van der Waals surface area contributed by atoms with Crippen molar-refractivity contribution in [3.63, 3.8) is 0 Å². The summed E-state index contributed by atoms with van der Waals surface area (Å²) in [7, 11) is 1.79. The highest BCUT2D eigenvalue weighted by atomic mass is 16.2. The number of hydrogen-bond donors (Lipinski definition) is 2. The molecule has 1 saturated heterocycles. The first-order chi connectivity index (χ1) is 17.4. The number of imide groups is 1. The van der Waals surface area contributed by atoms with Gasteiger partial charge in [-0.3, -0.25) is 29.2 Å². The van der Waals surface area contributed by atoms with Crippen LogP contribution >= 0.6 is 0 Å². The Labute approximate surface area is 205 Å². The number of carbonyl (C=O) groups is 4. The van der Waals surface area contributed by atoms with E-state index in [1.165, 1.54) is 22.2 Å². The largest absolute Gasteiger partial charge is 0.322 e. The topological polar surface area (TPSA) is 144 Å². The number of aromatic nitrogens is 5. The zero-order chi connectivity index (χ0) is 25.0. The van der Waals surface area contributed by atoms with Gasteiger partial charge in [-0.05, 0) is 43.0 Å². The Morgan fingerprint density at radius 3 is 2.72 bits per heavy atom. The number of piperidine rings is 1. The average molecular weight is 489 g/mol. The van der Waals surface area contributed by atoms with Gasteiger partial charge >= 0.3 is 0 Å². The summed E-state index contributed by atoms with van der Waals surface area (Å²) in [6.45, 7) is 0.250. The Morgan fingerprint density at radius 2 is 1.97 bits per heavy atom. The third-order valence-corrected chi connectivity index (χ3v) is 7.16. The molecule has 4 heterocycles. The van der Waals surface area contributed by atoms with Crippen LogP contribution in [0.15, 0.2) is 30.5 Å². The van der Waals surface area contributed by atoms with Gasteiger partial charge in [0.1, 0.15) is 11.9 Å². The standard InChI is InChI=1S/C24H24N8O4/c1-30-20(10-17(28-30)13-3-2-4-13)25-22(34)18-12-32(29-27-18)15-5-6-16-14(9-15)11-31(24(16)36)19-7-8-21(33)26-23(19)35/h5-6,9-10,12-13,19H,2-4,7-8,11H2,1H3,(H,25,34)(H,26,33,35). The smallest absolute Gasteiger partial charge is 0.279 e. The zero-order valence-electron chi connectivity index (χ0n) is 19.6. The van der Waals surface area contributed by atoms with E-state index in [4.69, 9.17) is 0 Å². The van der Waals surface area contributed by atoms with E-state index in [9.17, 15) is 19.2 Å². The molecule has 3 aliphatic rings. The van der Waals surface area contributed by atoms with Crippen LogP contribution in [0.5, 0.6) is 0 Å². The molecule has 0 spiro atoms. The van der Waals surface area contributed by atoms with Crippen molar-refractivity contribution < 1.29 is 19.2 Å². The summed E-state index contributed by atoms with van der Waals surface area (Å²) in [5, 5.41) is 17.7. The molecule has 36 heavy (non-hydrogen) atoms. The lowest BCUT2D eigenvalue weighted by Crippen LogP contribution is -2.52. The van der Waals surface area contributed by atoms with Gasteiger partial charge in [-0.2, -0.15) is 5.10 Å². The number of carbonyl (C=O) groups excluding carboxylic acids is 4. The molecule has 3 aromatic rings. The molecule has 1 unspecified atom stereocenters. The molecule has 2 N–H and O–H groups in total. The highest BCUT2D eigenvalue weighted by Gasteiger charge is 2.39. The van der Waals surface area contributed by atoms with Gasteiger partial charge in [0, 0.05) is 37.6 Å². The van der Waals surface area contributed by atoms with Gasteiger partial charge in [0.05, 0.1) is 17.6 Å². The van der Waals surface area contributed by atoms with Gasteiger partial charge in [0.15, 0.2) is 5.69 Å². The maximum atomic E-state index is 12.9. The SMILES string of the molecule is Cn1nc(C2CCC2)cc1NC(=O)c1cn(-c2ccc3c(c2)CN(C2CCC(=O)NC2=O)C3=O)nn1. The molecule has 1 saturated carbocycles. The fourth-order valence-electron chi connectivity index (χ4n) is 4.89. The normalized spacial score (nSPS) is 19.8. The Bertz CT molecular complexity index is 1420. The second-order valence-corrected chi connectivity index (χ2v) is 9.45. The van der Waals surface area contributed by atoms with E-state index in [1.54, 1.807) is 29.9 Å². The van der Waals surface area contributed by atoms with Gasteiger partial charge < -0.3 is 10.2 Å². The molecule has 2 fully saturated rings. The molecule has 0 bridgehead atoms. The molecule has 2 aliphatic heterocycles. The zero-order valence-corrected chi connectivity index (χ0v) is 19.6. The summed E-state index contributed by atoms with van der Waals surface area (Å²) in [4.78, 5) is 50.9. The third-order valence-electron chi connectivity index (χ3n) is 7.16. The van der Waals surface area contributed by atoms with Gasteiger partial charge in [0.25, 0.3) is 11.8 Å². The highest BCUT2D eigenvalue weighted by Crippen LogP contribution is 2.36. The lowest BCUT2D eigenvalue weighted by molar-refractivity contribution is -0.136. The van der Waals surface area contributed by atoms with Crippen LogP contribution in [-0.4, -0.2) is 59.3 Å². The molecule has 12 nitrogen and oxygen atoms in total. The van der Waals surface area contributed by atoms with E-state index in [2.05, 4.69) is 26.0 Å². The molecule has 4 amide bonds. The van der Waals surface area contributed by atoms with Crippen molar-refractivity contribution in [3.05, 3.63) is 53.0 Å². The van der Waals surface area contributed by atoms with Crippen LogP contribution in [0.25, 0.3) is 5.69 Å². The van der Waals surface area contributed by atoms with Crippen LogP contribution in [0.3, 0.4) is 0 Å². The number of aryl methyl sites for hydroxylation is 1. The lowest BCUT2D eigenvalue weighted by Gasteiger charge is -2.29. The van der Waals surface area contributed by atoms with Crippen molar-refractivity contribution in [1.82, 2.24) is 35.0 Å². The summed E-state index contributed by atoms with van der Waals surface area (Å²) in [5.74, 6) is -0.364. The highest BCUT2D eigenvalue weighted by molar-refractivity contribution is 6.05. The van der Waals surface area contributed by atoms with E-state index in [-0.39, 0.29) is 30.5 Å². The maximum Gasteiger partial charge on any atom is 0.279 e. The monoisotopic (exact) mass is 488 g/mol.